The molecule has 0 amide bonds. The third kappa shape index (κ3) is 2.82. The lowest BCUT2D eigenvalue weighted by Gasteiger charge is -2.07. The topological polar surface area (TPSA) is 113 Å². The molecule has 1 rings (SSSR count). The number of nitrogens with one attached hydrogen (secondary N) is 1. The molecule has 0 aliphatic carbocycles. The molecule has 0 atom stereocenters. The fraction of sp³-hybridized carbons (Fsp3) is 0.300. The van der Waals surface area contributed by atoms with Gasteiger partial charge in [0.25, 0.3) is 5.69 Å². The highest BCUT2D eigenvalue weighted by Gasteiger charge is 2.26. The smallest absolute Gasteiger partial charge is 0.258 e. The minimum absolute atomic E-state index is 0.425. The van der Waals surface area contributed by atoms with Crippen molar-refractivity contribution >= 4 is 15.7 Å². The average molecular weight is 269 g/mol. The first-order chi connectivity index (χ1) is 8.29. The molecule has 8 heteroatoms. The molecule has 0 aromatic heterocycles. The molecule has 0 radical (unpaired) electrons. The fourth-order valence-corrected chi connectivity index (χ4v) is 2.49. The molecule has 0 saturated carbocycles. The Hall–Kier alpha value is -1.98. The number of benzene rings is 1. The average Bonchev–Trinajstić information content (AvgIpc) is 2.29. The van der Waals surface area contributed by atoms with E-state index in [-0.39, 0.29) is 0 Å². The third-order valence-electron chi connectivity index (χ3n) is 2.40. The Bertz CT molecular complexity index is 631. The van der Waals surface area contributed by atoms with Gasteiger partial charge in [-0.05, 0) is 31.0 Å². The lowest BCUT2D eigenvalue weighted by molar-refractivity contribution is -0.387. The Kier molecular flexibility index (Phi) is 4.00. The van der Waals surface area contributed by atoms with E-state index in [2.05, 4.69) is 0 Å². The first-order valence-electron chi connectivity index (χ1n) is 4.92. The second-order valence-electron chi connectivity index (χ2n) is 3.64. The largest absolute Gasteiger partial charge is 0.289 e. The van der Waals surface area contributed by atoms with Crippen LogP contribution in [0.5, 0.6) is 0 Å². The maximum absolute atomic E-state index is 11.8. The molecule has 0 heterocycles. The van der Waals surface area contributed by atoms with Gasteiger partial charge in [-0.25, -0.2) is 8.42 Å². The minimum Gasteiger partial charge on any atom is -0.258 e. The predicted octanol–water partition coefficient (Wildman–Crippen LogP) is 1.01. The lowest BCUT2D eigenvalue weighted by atomic mass is 10.1. The van der Waals surface area contributed by atoms with Gasteiger partial charge in [0.1, 0.15) is 0 Å². The highest BCUT2D eigenvalue weighted by atomic mass is 32.2. The van der Waals surface area contributed by atoms with Gasteiger partial charge >= 0.3 is 0 Å². The Morgan fingerprint density at radius 1 is 1.39 bits per heavy atom. The maximum Gasteiger partial charge on any atom is 0.289 e. The highest BCUT2D eigenvalue weighted by molar-refractivity contribution is 7.89. The number of rotatable bonds is 4. The first kappa shape index (κ1) is 14.1. The van der Waals surface area contributed by atoms with E-state index >= 15 is 0 Å². The van der Waals surface area contributed by atoms with Gasteiger partial charge in [0.2, 0.25) is 10.0 Å². The monoisotopic (exact) mass is 269 g/mol. The fourth-order valence-electron chi connectivity index (χ4n) is 1.34. The molecular weight excluding hydrogens is 258 g/mol. The molecule has 0 aliphatic heterocycles. The van der Waals surface area contributed by atoms with Gasteiger partial charge in [0, 0.05) is 6.07 Å². The summed E-state index contributed by atoms with van der Waals surface area (Å²) < 4.78 is 25.6. The molecule has 0 unspecified atom stereocenters. The quantitative estimate of drug-likeness (QED) is 0.498. The van der Waals surface area contributed by atoms with Crippen LogP contribution in [0.3, 0.4) is 0 Å². The van der Waals surface area contributed by atoms with Crippen LogP contribution < -0.4 is 4.72 Å². The third-order valence-corrected chi connectivity index (χ3v) is 3.83. The summed E-state index contributed by atoms with van der Waals surface area (Å²) in [4.78, 5) is 9.67. The van der Waals surface area contributed by atoms with Gasteiger partial charge in [0.05, 0.1) is 17.5 Å². The summed E-state index contributed by atoms with van der Waals surface area (Å²) in [5.74, 6) is 0. The van der Waals surface area contributed by atoms with E-state index in [0.717, 1.165) is 0 Å². The SMILES string of the molecule is Cc1cc([N+](=O)[O-])c(S(=O)(=O)NCC#N)cc1C. The zero-order valence-electron chi connectivity index (χ0n) is 9.80. The summed E-state index contributed by atoms with van der Waals surface area (Å²) in [5.41, 5.74) is 0.752. The Labute approximate surface area is 104 Å². The van der Waals surface area contributed by atoms with Crippen molar-refractivity contribution in [1.82, 2.24) is 4.72 Å². The van der Waals surface area contributed by atoms with Crippen LogP contribution in [-0.2, 0) is 10.0 Å². The summed E-state index contributed by atoms with van der Waals surface area (Å²) in [6.45, 7) is 2.87. The van der Waals surface area contributed by atoms with Crippen LogP contribution in [0.2, 0.25) is 0 Å². The zero-order chi connectivity index (χ0) is 13.9. The van der Waals surface area contributed by atoms with Crippen LogP contribution in [0.4, 0.5) is 5.69 Å². The molecule has 1 N–H and O–H groups in total. The summed E-state index contributed by atoms with van der Waals surface area (Å²) in [7, 11) is -4.05. The Morgan fingerprint density at radius 3 is 2.44 bits per heavy atom. The molecule has 7 nitrogen and oxygen atoms in total. The van der Waals surface area contributed by atoms with E-state index in [9.17, 15) is 18.5 Å². The Morgan fingerprint density at radius 2 is 1.94 bits per heavy atom. The zero-order valence-corrected chi connectivity index (χ0v) is 10.6. The van der Waals surface area contributed by atoms with Crippen molar-refractivity contribution in [1.29, 1.82) is 5.26 Å². The van der Waals surface area contributed by atoms with Gasteiger partial charge in [0.15, 0.2) is 4.90 Å². The van der Waals surface area contributed by atoms with Gasteiger partial charge in [-0.3, -0.25) is 10.1 Å². The van der Waals surface area contributed by atoms with Crippen molar-refractivity contribution in [3.8, 4) is 6.07 Å². The second kappa shape index (κ2) is 5.12. The molecule has 18 heavy (non-hydrogen) atoms. The van der Waals surface area contributed by atoms with E-state index in [1.807, 2.05) is 4.72 Å². The van der Waals surface area contributed by atoms with E-state index in [4.69, 9.17) is 5.26 Å². The highest BCUT2D eigenvalue weighted by Crippen LogP contribution is 2.26. The molecule has 0 fully saturated rings. The number of aryl methyl sites for hydroxylation is 2. The van der Waals surface area contributed by atoms with Crippen LogP contribution in [0.1, 0.15) is 11.1 Å². The number of nitriles is 1. The van der Waals surface area contributed by atoms with Crippen molar-refractivity contribution in [3.63, 3.8) is 0 Å². The summed E-state index contributed by atoms with van der Waals surface area (Å²) in [6.07, 6.45) is 0. The summed E-state index contributed by atoms with van der Waals surface area (Å²) in [5, 5.41) is 19.2. The molecule has 96 valence electrons. The number of sulfonamides is 1. The second-order valence-corrected chi connectivity index (χ2v) is 5.38. The number of hydrogen-bond acceptors (Lipinski definition) is 5. The molecule has 0 spiro atoms. The van der Waals surface area contributed by atoms with E-state index in [1.165, 1.54) is 12.1 Å². The van der Waals surface area contributed by atoms with Gasteiger partial charge in [-0.2, -0.15) is 9.98 Å². The summed E-state index contributed by atoms with van der Waals surface area (Å²) >= 11 is 0. The normalized spacial score (nSPS) is 10.9. The number of nitro groups is 1. The maximum atomic E-state index is 11.8. The van der Waals surface area contributed by atoms with Crippen LogP contribution >= 0.6 is 0 Å². The molecule has 0 bridgehead atoms. The molecular formula is C10H11N3O4S. The van der Waals surface area contributed by atoms with Crippen LogP contribution in [0, 0.1) is 35.3 Å². The first-order valence-corrected chi connectivity index (χ1v) is 6.40. The van der Waals surface area contributed by atoms with E-state index < -0.39 is 32.1 Å². The molecule has 0 aliphatic rings. The molecule has 1 aromatic rings. The predicted molar refractivity (Wildman–Crippen MR) is 63.4 cm³/mol. The van der Waals surface area contributed by atoms with Crippen molar-refractivity contribution in [2.24, 2.45) is 0 Å². The van der Waals surface area contributed by atoms with Crippen LogP contribution in [0.15, 0.2) is 17.0 Å². The van der Waals surface area contributed by atoms with Crippen molar-refractivity contribution < 1.29 is 13.3 Å². The van der Waals surface area contributed by atoms with Crippen LogP contribution in [-0.4, -0.2) is 19.9 Å². The van der Waals surface area contributed by atoms with E-state index in [0.29, 0.717) is 11.1 Å². The van der Waals surface area contributed by atoms with Gasteiger partial charge in [-0.15, -0.1) is 0 Å². The minimum atomic E-state index is -4.05. The Balaban J connectivity index is 3.45. The van der Waals surface area contributed by atoms with Gasteiger partial charge < -0.3 is 0 Å². The number of nitrogens with zero attached hydrogens (tertiary/aromatic N) is 2. The van der Waals surface area contributed by atoms with Crippen molar-refractivity contribution in [3.05, 3.63) is 33.4 Å². The van der Waals surface area contributed by atoms with Crippen LogP contribution in [0.25, 0.3) is 0 Å². The summed E-state index contributed by atoms with van der Waals surface area (Å²) in [6, 6.07) is 4.04. The number of hydrogen-bond donors (Lipinski definition) is 1. The molecule has 0 saturated heterocycles. The van der Waals surface area contributed by atoms with E-state index in [1.54, 1.807) is 19.9 Å². The lowest BCUT2D eigenvalue weighted by Crippen LogP contribution is -2.25. The van der Waals surface area contributed by atoms with Crippen molar-refractivity contribution in [2.75, 3.05) is 6.54 Å². The van der Waals surface area contributed by atoms with Gasteiger partial charge in [-0.1, -0.05) is 0 Å². The van der Waals surface area contributed by atoms with Crippen molar-refractivity contribution in [2.45, 2.75) is 18.7 Å². The number of nitro benzene ring substituents is 1. The standard InChI is InChI=1S/C10H11N3O4S/c1-7-5-9(13(14)15)10(6-8(7)2)18(16,17)12-4-3-11/h5-6,12H,4H2,1-2H3. The molecule has 1 aromatic carbocycles.